The second-order valence-electron chi connectivity index (χ2n) is 2.98. The van der Waals surface area contributed by atoms with E-state index in [4.69, 9.17) is 0 Å². The Bertz CT molecular complexity index is 152. The molecule has 2 aliphatic rings. The highest BCUT2D eigenvalue weighted by Gasteiger charge is 2.12. The van der Waals surface area contributed by atoms with E-state index >= 15 is 0 Å². The molecule has 2 bridgehead atoms. The van der Waals surface area contributed by atoms with Gasteiger partial charge in [-0.25, -0.2) is 0 Å². The Kier molecular flexibility index (Phi) is 1.18. The molecule has 1 fully saturated rings. The van der Waals surface area contributed by atoms with Gasteiger partial charge in [-0.3, -0.25) is 0 Å². The second-order valence-corrected chi connectivity index (χ2v) is 2.98. The third kappa shape index (κ3) is 0.937. The third-order valence-corrected chi connectivity index (χ3v) is 2.25. The van der Waals surface area contributed by atoms with Crippen LogP contribution in [0.2, 0.25) is 0 Å². The van der Waals surface area contributed by atoms with Gasteiger partial charge >= 0.3 is 0 Å². The number of allylic oxidation sites excluding steroid dienone is 4. The van der Waals surface area contributed by atoms with E-state index in [1.165, 1.54) is 32.1 Å². The van der Waals surface area contributed by atoms with E-state index < -0.39 is 0 Å². The van der Waals surface area contributed by atoms with Gasteiger partial charge in [0.15, 0.2) is 0 Å². The van der Waals surface area contributed by atoms with Crippen LogP contribution in [0.3, 0.4) is 0 Å². The van der Waals surface area contributed by atoms with Crippen molar-refractivity contribution in [3.63, 3.8) is 0 Å². The Morgan fingerprint density at radius 1 is 0.889 bits per heavy atom. The molecule has 2 aliphatic carbocycles. The van der Waals surface area contributed by atoms with Crippen LogP contribution >= 0.6 is 0 Å². The van der Waals surface area contributed by atoms with Crippen molar-refractivity contribution in [1.29, 1.82) is 0 Å². The Morgan fingerprint density at radius 2 is 1.44 bits per heavy atom. The SMILES string of the molecule is C1=C2CCC(=CCC1)C2. The maximum Gasteiger partial charge on any atom is -0.0108 e. The summed E-state index contributed by atoms with van der Waals surface area (Å²) >= 11 is 0. The molecule has 0 N–H and O–H groups in total. The van der Waals surface area contributed by atoms with Gasteiger partial charge in [-0.15, -0.1) is 0 Å². The summed E-state index contributed by atoms with van der Waals surface area (Å²) in [5, 5.41) is 0. The zero-order chi connectivity index (χ0) is 6.10. The van der Waals surface area contributed by atoms with Gasteiger partial charge in [0, 0.05) is 0 Å². The molecule has 0 amide bonds. The van der Waals surface area contributed by atoms with Gasteiger partial charge in [-0.05, 0) is 32.1 Å². The van der Waals surface area contributed by atoms with Crippen molar-refractivity contribution < 1.29 is 0 Å². The lowest BCUT2D eigenvalue weighted by Gasteiger charge is -1.91. The minimum atomic E-state index is 1.29. The number of hydrogen-bond donors (Lipinski definition) is 0. The average molecular weight is 120 g/mol. The molecule has 48 valence electrons. The van der Waals surface area contributed by atoms with E-state index in [0.717, 1.165) is 0 Å². The first-order valence-corrected chi connectivity index (χ1v) is 3.81. The van der Waals surface area contributed by atoms with Crippen LogP contribution in [0.25, 0.3) is 0 Å². The van der Waals surface area contributed by atoms with E-state index in [9.17, 15) is 0 Å². The molecule has 0 heterocycles. The molecule has 0 aromatic carbocycles. The maximum atomic E-state index is 2.43. The Balaban J connectivity index is 2.28. The van der Waals surface area contributed by atoms with Crippen LogP contribution in [0, 0.1) is 0 Å². The van der Waals surface area contributed by atoms with Crippen LogP contribution in [-0.2, 0) is 0 Å². The molecule has 0 aliphatic heterocycles. The molecule has 0 unspecified atom stereocenters. The van der Waals surface area contributed by atoms with Crippen LogP contribution < -0.4 is 0 Å². The quantitative estimate of drug-likeness (QED) is 0.431. The highest BCUT2D eigenvalue weighted by Crippen LogP contribution is 2.32. The second kappa shape index (κ2) is 2.02. The van der Waals surface area contributed by atoms with Crippen molar-refractivity contribution in [2.45, 2.75) is 32.1 Å². The van der Waals surface area contributed by atoms with Crippen molar-refractivity contribution >= 4 is 0 Å². The maximum absolute atomic E-state index is 2.43. The molecule has 9 heavy (non-hydrogen) atoms. The monoisotopic (exact) mass is 120 g/mol. The molecule has 0 aromatic heterocycles. The molecular formula is C9H12. The van der Waals surface area contributed by atoms with Crippen molar-refractivity contribution in [2.24, 2.45) is 0 Å². The Hall–Kier alpha value is -0.520. The predicted octanol–water partition coefficient (Wildman–Crippen LogP) is 2.82. The number of rotatable bonds is 0. The van der Waals surface area contributed by atoms with E-state index in [1.54, 1.807) is 11.1 Å². The Labute approximate surface area is 56.3 Å². The van der Waals surface area contributed by atoms with Gasteiger partial charge < -0.3 is 0 Å². The van der Waals surface area contributed by atoms with E-state index in [0.29, 0.717) is 0 Å². The van der Waals surface area contributed by atoms with E-state index in [-0.39, 0.29) is 0 Å². The van der Waals surface area contributed by atoms with Crippen LogP contribution in [-0.4, -0.2) is 0 Å². The summed E-state index contributed by atoms with van der Waals surface area (Å²) in [6.07, 6.45) is 11.4. The van der Waals surface area contributed by atoms with Crippen LogP contribution in [0.1, 0.15) is 32.1 Å². The number of hydrogen-bond acceptors (Lipinski definition) is 0. The molecule has 2 rings (SSSR count). The van der Waals surface area contributed by atoms with Gasteiger partial charge in [0.2, 0.25) is 0 Å². The Morgan fingerprint density at radius 3 is 2.00 bits per heavy atom. The number of fused-ring (bicyclic) bond motifs is 2. The summed E-state index contributed by atoms with van der Waals surface area (Å²) in [7, 11) is 0. The zero-order valence-corrected chi connectivity index (χ0v) is 5.69. The summed E-state index contributed by atoms with van der Waals surface area (Å²) in [4.78, 5) is 0. The molecule has 0 aromatic rings. The fraction of sp³-hybridized carbons (Fsp3) is 0.556. The fourth-order valence-corrected chi connectivity index (χ4v) is 1.71. The highest BCUT2D eigenvalue weighted by molar-refractivity contribution is 5.25. The van der Waals surface area contributed by atoms with E-state index in [1.807, 2.05) is 0 Å². The van der Waals surface area contributed by atoms with Gasteiger partial charge in [-0.1, -0.05) is 23.3 Å². The zero-order valence-electron chi connectivity index (χ0n) is 5.69. The lowest BCUT2D eigenvalue weighted by atomic mass is 10.1. The normalized spacial score (nSPS) is 24.9. The molecular weight excluding hydrogens is 108 g/mol. The van der Waals surface area contributed by atoms with Gasteiger partial charge in [0.25, 0.3) is 0 Å². The molecule has 0 heteroatoms. The summed E-state index contributed by atoms with van der Waals surface area (Å²) in [6, 6.07) is 0. The van der Waals surface area contributed by atoms with E-state index in [2.05, 4.69) is 12.2 Å². The summed E-state index contributed by atoms with van der Waals surface area (Å²) < 4.78 is 0. The molecule has 0 atom stereocenters. The lowest BCUT2D eigenvalue weighted by Crippen LogP contribution is -1.71. The fourth-order valence-electron chi connectivity index (χ4n) is 1.71. The molecule has 0 spiro atoms. The minimum Gasteiger partial charge on any atom is -0.0847 e. The van der Waals surface area contributed by atoms with Crippen molar-refractivity contribution in [3.05, 3.63) is 23.3 Å². The first kappa shape index (κ1) is 5.28. The third-order valence-electron chi connectivity index (χ3n) is 2.25. The summed E-state index contributed by atoms with van der Waals surface area (Å²) in [5.74, 6) is 0. The van der Waals surface area contributed by atoms with Crippen LogP contribution in [0.15, 0.2) is 23.3 Å². The molecule has 0 radical (unpaired) electrons. The van der Waals surface area contributed by atoms with Gasteiger partial charge in [0.1, 0.15) is 0 Å². The average Bonchev–Trinajstić information content (AvgIpc) is 2.09. The largest absolute Gasteiger partial charge is 0.0847 e. The minimum absolute atomic E-state index is 1.29. The topological polar surface area (TPSA) is 0 Å². The standard InChI is InChI=1S/C9H12/c1-2-4-9-6-5-8(3-1)7-9/h3-4H,1-2,5-7H2. The highest BCUT2D eigenvalue weighted by atomic mass is 14.2. The molecule has 1 saturated carbocycles. The summed E-state index contributed by atoms with van der Waals surface area (Å²) in [5.41, 5.74) is 3.39. The predicted molar refractivity (Wildman–Crippen MR) is 39.3 cm³/mol. The smallest absolute Gasteiger partial charge is 0.0108 e. The molecule has 0 saturated heterocycles. The first-order valence-electron chi connectivity index (χ1n) is 3.81. The van der Waals surface area contributed by atoms with Crippen molar-refractivity contribution in [1.82, 2.24) is 0 Å². The lowest BCUT2D eigenvalue weighted by molar-refractivity contribution is 0.962. The molecule has 0 nitrogen and oxygen atoms in total. The van der Waals surface area contributed by atoms with Crippen molar-refractivity contribution in [3.8, 4) is 0 Å². The van der Waals surface area contributed by atoms with Gasteiger partial charge in [-0.2, -0.15) is 0 Å². The first-order chi connectivity index (χ1) is 4.45. The van der Waals surface area contributed by atoms with Crippen LogP contribution in [0.5, 0.6) is 0 Å². The van der Waals surface area contributed by atoms with Gasteiger partial charge in [0.05, 0.1) is 0 Å². The van der Waals surface area contributed by atoms with Crippen molar-refractivity contribution in [2.75, 3.05) is 0 Å². The van der Waals surface area contributed by atoms with Crippen LogP contribution in [0.4, 0.5) is 0 Å². The summed E-state index contributed by atoms with van der Waals surface area (Å²) in [6.45, 7) is 0.